The molecule has 34 heavy (non-hydrogen) atoms. The summed E-state index contributed by atoms with van der Waals surface area (Å²) in [4.78, 5) is 37.6. The van der Waals surface area contributed by atoms with Crippen molar-refractivity contribution in [3.63, 3.8) is 0 Å². The summed E-state index contributed by atoms with van der Waals surface area (Å²) in [5, 5.41) is 20.0. The van der Waals surface area contributed by atoms with Gasteiger partial charge in [-0.25, -0.2) is 14.4 Å². The molecule has 4 aliphatic rings. The fraction of sp³-hybridized carbons (Fsp3) is 0.560. The highest BCUT2D eigenvalue weighted by atomic mass is 16.6. The molecule has 9 heteroatoms. The van der Waals surface area contributed by atoms with Gasteiger partial charge in [0.2, 0.25) is 0 Å². The normalized spacial score (nSPS) is 36.9. The first kappa shape index (κ1) is 24.4. The van der Waals surface area contributed by atoms with Gasteiger partial charge in [0.15, 0.2) is 0 Å². The minimum atomic E-state index is -0.779. The van der Waals surface area contributed by atoms with E-state index in [1.165, 1.54) is 12.2 Å². The fourth-order valence-electron chi connectivity index (χ4n) is 5.53. The third kappa shape index (κ3) is 4.01. The number of epoxide rings is 1. The number of carbonyl (C=O) groups excluding carboxylic acids is 3. The molecule has 4 rings (SSSR count). The van der Waals surface area contributed by atoms with Crippen molar-refractivity contribution in [3.8, 4) is 0 Å². The Bertz CT molecular complexity index is 1000. The van der Waals surface area contributed by atoms with Crippen molar-refractivity contribution >= 4 is 17.9 Å². The Morgan fingerprint density at radius 1 is 1.24 bits per heavy atom. The van der Waals surface area contributed by atoms with Crippen LogP contribution in [0, 0.1) is 17.8 Å². The third-order valence-electron chi connectivity index (χ3n) is 7.41. The van der Waals surface area contributed by atoms with Crippen LogP contribution >= 0.6 is 0 Å². The van der Waals surface area contributed by atoms with Crippen LogP contribution in [-0.4, -0.2) is 71.9 Å². The van der Waals surface area contributed by atoms with Gasteiger partial charge in [-0.1, -0.05) is 30.4 Å². The first-order valence-electron chi connectivity index (χ1n) is 11.4. The molecule has 0 unspecified atom stereocenters. The largest absolute Gasteiger partial charge is 0.458 e. The van der Waals surface area contributed by atoms with Gasteiger partial charge in [0.1, 0.15) is 24.4 Å². The van der Waals surface area contributed by atoms with E-state index in [1.54, 1.807) is 19.9 Å². The van der Waals surface area contributed by atoms with Crippen LogP contribution in [0.25, 0.3) is 0 Å². The highest BCUT2D eigenvalue weighted by Gasteiger charge is 2.67. The highest BCUT2D eigenvalue weighted by Crippen LogP contribution is 2.58. The molecule has 0 radical (unpaired) electrons. The minimum Gasteiger partial charge on any atom is -0.458 e. The summed E-state index contributed by atoms with van der Waals surface area (Å²) in [6.07, 6.45) is 2.80. The second kappa shape index (κ2) is 9.13. The van der Waals surface area contributed by atoms with Crippen LogP contribution in [0.4, 0.5) is 0 Å². The molecule has 0 bridgehead atoms. The first-order valence-corrected chi connectivity index (χ1v) is 11.4. The van der Waals surface area contributed by atoms with Gasteiger partial charge in [0.25, 0.3) is 0 Å². The number of hydrogen-bond acceptors (Lipinski definition) is 9. The molecule has 3 fully saturated rings. The monoisotopic (exact) mass is 474 g/mol. The molecule has 2 heterocycles. The van der Waals surface area contributed by atoms with Crippen molar-refractivity contribution in [1.29, 1.82) is 0 Å². The molecule has 0 amide bonds. The van der Waals surface area contributed by atoms with Crippen molar-refractivity contribution in [2.45, 2.75) is 51.1 Å². The molecule has 9 nitrogen and oxygen atoms in total. The lowest BCUT2D eigenvalue weighted by Gasteiger charge is -2.30. The van der Waals surface area contributed by atoms with Crippen LogP contribution < -0.4 is 0 Å². The molecular weight excluding hydrogens is 444 g/mol. The zero-order valence-corrected chi connectivity index (χ0v) is 19.5. The molecule has 1 saturated carbocycles. The molecule has 0 aromatic rings. The number of hydrogen-bond donors (Lipinski definition) is 2. The molecule has 7 atom stereocenters. The van der Waals surface area contributed by atoms with Crippen molar-refractivity contribution in [3.05, 3.63) is 47.1 Å². The Hall–Kier alpha value is -2.75. The average molecular weight is 475 g/mol. The molecular formula is C25H30O9. The predicted octanol–water partition coefficient (Wildman–Crippen LogP) is 1.15. The third-order valence-corrected chi connectivity index (χ3v) is 7.41. The standard InChI is InChI=1S/C25H30O9/c1-5-14(9-26)23(29)31-10-15(6-2)24(30)33-17-8-25(11-32-25)20-16(27)7-12(3)18(20)21-19(17)13(4)22(28)34-21/h5-7,16-21,26-27H,4,8-11H2,1-3H3/b14-5+,15-6+/t16-,17-,18+,19-,20-,21-,25+/m1/s1. The summed E-state index contributed by atoms with van der Waals surface area (Å²) in [5.74, 6) is -3.15. The molecule has 2 aliphatic carbocycles. The van der Waals surface area contributed by atoms with Crippen LogP contribution in [0.2, 0.25) is 0 Å². The van der Waals surface area contributed by atoms with Gasteiger partial charge in [0.05, 0.1) is 36.4 Å². The summed E-state index contributed by atoms with van der Waals surface area (Å²) >= 11 is 0. The van der Waals surface area contributed by atoms with Crippen LogP contribution in [0.1, 0.15) is 27.2 Å². The van der Waals surface area contributed by atoms with Crippen LogP contribution in [0.5, 0.6) is 0 Å². The Balaban J connectivity index is 1.55. The molecule has 2 saturated heterocycles. The summed E-state index contributed by atoms with van der Waals surface area (Å²) in [7, 11) is 0. The van der Waals surface area contributed by atoms with E-state index in [0.29, 0.717) is 6.61 Å². The van der Waals surface area contributed by atoms with E-state index < -0.39 is 54.3 Å². The van der Waals surface area contributed by atoms with Crippen LogP contribution in [-0.2, 0) is 33.3 Å². The van der Waals surface area contributed by atoms with Gasteiger partial charge in [-0.05, 0) is 20.8 Å². The lowest BCUT2D eigenvalue weighted by molar-refractivity contribution is -0.150. The van der Waals surface area contributed by atoms with Gasteiger partial charge >= 0.3 is 17.9 Å². The Morgan fingerprint density at radius 3 is 2.50 bits per heavy atom. The van der Waals surface area contributed by atoms with E-state index in [-0.39, 0.29) is 41.6 Å². The second-order valence-corrected chi connectivity index (χ2v) is 9.24. The quantitative estimate of drug-likeness (QED) is 0.191. The maximum atomic E-state index is 13.1. The molecule has 2 aliphatic heterocycles. The van der Waals surface area contributed by atoms with Crippen molar-refractivity contribution in [2.24, 2.45) is 17.8 Å². The van der Waals surface area contributed by atoms with Crippen molar-refractivity contribution in [1.82, 2.24) is 0 Å². The number of allylic oxidation sites excluding steroid dienone is 2. The van der Waals surface area contributed by atoms with Gasteiger partial charge < -0.3 is 29.2 Å². The van der Waals surface area contributed by atoms with E-state index in [1.807, 2.05) is 6.92 Å². The lowest BCUT2D eigenvalue weighted by atomic mass is 9.77. The van der Waals surface area contributed by atoms with E-state index >= 15 is 0 Å². The molecule has 184 valence electrons. The van der Waals surface area contributed by atoms with E-state index in [0.717, 1.165) is 5.57 Å². The van der Waals surface area contributed by atoms with Crippen molar-refractivity contribution < 1.29 is 43.5 Å². The number of rotatable bonds is 6. The minimum absolute atomic E-state index is 0.0784. The number of ether oxygens (including phenoxy) is 4. The zero-order valence-electron chi connectivity index (χ0n) is 19.5. The van der Waals surface area contributed by atoms with Crippen LogP contribution in [0.3, 0.4) is 0 Å². The van der Waals surface area contributed by atoms with Gasteiger partial charge in [-0.3, -0.25) is 0 Å². The summed E-state index contributed by atoms with van der Waals surface area (Å²) in [5.41, 5.74) is 0.629. The maximum absolute atomic E-state index is 13.1. The average Bonchev–Trinajstić information content (AvgIpc) is 3.43. The number of aliphatic hydroxyl groups is 2. The molecule has 0 aromatic heterocycles. The predicted molar refractivity (Wildman–Crippen MR) is 118 cm³/mol. The van der Waals surface area contributed by atoms with Gasteiger partial charge in [0, 0.05) is 23.8 Å². The zero-order chi connectivity index (χ0) is 24.8. The number of carbonyl (C=O) groups is 3. The van der Waals surface area contributed by atoms with Gasteiger partial charge in [-0.2, -0.15) is 0 Å². The SMILES string of the molecule is C=C1C(=O)O[C@@H]2[C@H]3C(C)=C[C@@H](O)[C@H]3[C@@]3(CO3)C[C@@H](OC(=O)/C(=C/C)COC(=O)/C(=C/C)CO)[C@@H]12. The second-order valence-electron chi connectivity index (χ2n) is 9.24. The van der Waals surface area contributed by atoms with E-state index in [9.17, 15) is 24.6 Å². The Kier molecular flexibility index (Phi) is 6.54. The molecule has 0 aromatic carbocycles. The fourth-order valence-corrected chi connectivity index (χ4v) is 5.53. The van der Waals surface area contributed by atoms with Crippen molar-refractivity contribution in [2.75, 3.05) is 19.8 Å². The molecule has 1 spiro atoms. The number of esters is 3. The smallest absolute Gasteiger partial charge is 0.337 e. The van der Waals surface area contributed by atoms with E-state index in [4.69, 9.17) is 18.9 Å². The Labute approximate surface area is 197 Å². The molecule has 2 N–H and O–H groups in total. The summed E-state index contributed by atoms with van der Waals surface area (Å²) in [6.45, 7) is 8.60. The highest BCUT2D eigenvalue weighted by molar-refractivity contribution is 5.93. The lowest BCUT2D eigenvalue weighted by Crippen LogP contribution is -2.39. The van der Waals surface area contributed by atoms with E-state index in [2.05, 4.69) is 6.58 Å². The summed E-state index contributed by atoms with van der Waals surface area (Å²) < 4.78 is 22.5. The first-order chi connectivity index (χ1) is 16.2. The number of fused-ring (bicyclic) bond motifs is 4. The van der Waals surface area contributed by atoms with Crippen LogP contribution in [0.15, 0.2) is 47.1 Å². The number of aliphatic hydroxyl groups excluding tert-OH is 2. The summed E-state index contributed by atoms with van der Waals surface area (Å²) in [6, 6.07) is 0. The van der Waals surface area contributed by atoms with Gasteiger partial charge in [-0.15, -0.1) is 0 Å². The Morgan fingerprint density at radius 2 is 1.91 bits per heavy atom. The maximum Gasteiger partial charge on any atom is 0.337 e. The topological polar surface area (TPSA) is 132 Å².